The van der Waals surface area contributed by atoms with Crippen LogP contribution in [0.3, 0.4) is 0 Å². The van der Waals surface area contributed by atoms with E-state index < -0.39 is 0 Å². The van der Waals surface area contributed by atoms with Crippen molar-refractivity contribution >= 4 is 34.6 Å². The third-order valence-electron chi connectivity index (χ3n) is 7.23. The first-order valence-electron chi connectivity index (χ1n) is 12.5. The molecule has 4 aromatic rings. The summed E-state index contributed by atoms with van der Waals surface area (Å²) in [7, 11) is 1.62. The van der Waals surface area contributed by atoms with Gasteiger partial charge in [-0.1, -0.05) is 42.8 Å². The molecule has 1 saturated heterocycles. The van der Waals surface area contributed by atoms with Crippen molar-refractivity contribution in [2.45, 2.75) is 46.2 Å². The highest BCUT2D eigenvalue weighted by Crippen LogP contribution is 2.45. The van der Waals surface area contributed by atoms with Crippen LogP contribution in [0.5, 0.6) is 5.75 Å². The van der Waals surface area contributed by atoms with Crippen LogP contribution in [0.25, 0.3) is 5.69 Å². The summed E-state index contributed by atoms with van der Waals surface area (Å²) in [4.78, 5) is 6.86. The normalized spacial score (nSPS) is 17.2. The Bertz CT molecular complexity index is 1470. The molecule has 7 heteroatoms. The second-order valence-electron chi connectivity index (χ2n) is 9.41. The third kappa shape index (κ3) is 4.38. The van der Waals surface area contributed by atoms with Crippen molar-refractivity contribution in [1.29, 1.82) is 0 Å². The van der Waals surface area contributed by atoms with Gasteiger partial charge in [-0.2, -0.15) is 0 Å². The molecule has 1 aliphatic heterocycles. The molecule has 0 spiro atoms. The first-order valence-corrected chi connectivity index (χ1v) is 13.3. The van der Waals surface area contributed by atoms with Gasteiger partial charge in [0, 0.05) is 23.3 Å². The average molecular weight is 531 g/mol. The lowest BCUT2D eigenvalue weighted by Gasteiger charge is -2.28. The molecule has 1 fully saturated rings. The number of ether oxygens (including phenoxy) is 1. The molecule has 0 bridgehead atoms. The predicted octanol–water partition coefficient (Wildman–Crippen LogP) is 7.20. The zero-order chi connectivity index (χ0) is 26.3. The second kappa shape index (κ2) is 10.2. The highest BCUT2D eigenvalue weighted by molar-refractivity contribution is 7.80. The fraction of sp³-hybridized carbons (Fsp3) is 0.267. The van der Waals surface area contributed by atoms with Crippen molar-refractivity contribution in [3.05, 3.63) is 106 Å². The minimum Gasteiger partial charge on any atom is -0.495 e. The van der Waals surface area contributed by atoms with E-state index in [1.165, 1.54) is 33.8 Å². The number of para-hydroxylation sites is 1. The highest BCUT2D eigenvalue weighted by Gasteiger charge is 2.42. The van der Waals surface area contributed by atoms with Crippen LogP contribution in [0.1, 0.15) is 52.8 Å². The molecule has 1 N–H and O–H groups in total. The van der Waals surface area contributed by atoms with E-state index in [1.807, 2.05) is 42.6 Å². The first kappa shape index (κ1) is 25.3. The zero-order valence-corrected chi connectivity index (χ0v) is 23.3. The van der Waals surface area contributed by atoms with E-state index in [4.69, 9.17) is 33.5 Å². The first-order chi connectivity index (χ1) is 17.8. The van der Waals surface area contributed by atoms with Gasteiger partial charge >= 0.3 is 0 Å². The van der Waals surface area contributed by atoms with Gasteiger partial charge < -0.3 is 19.5 Å². The van der Waals surface area contributed by atoms with Crippen molar-refractivity contribution in [2.24, 2.45) is 0 Å². The number of benzene rings is 2. The summed E-state index contributed by atoms with van der Waals surface area (Å²) in [6.45, 7) is 8.76. The van der Waals surface area contributed by atoms with Crippen LogP contribution in [-0.2, 0) is 6.42 Å². The summed E-state index contributed by atoms with van der Waals surface area (Å²) in [6, 6.07) is 20.4. The van der Waals surface area contributed by atoms with Gasteiger partial charge in [0.1, 0.15) is 5.75 Å². The standard InChI is InChI=1S/C30H31ClN4OS/c1-6-21-11-9-10-18(2)28(21)34-19(3)16-23(20(34)4)29-27(25-12-7-8-15-32-25)33-30(37)35(29)22-13-14-26(36-5)24(31)17-22/h7-17,27,29H,6H2,1-5H3,(H,33,37)/t27-,29-/m1/s1. The number of pyridine rings is 1. The van der Waals surface area contributed by atoms with E-state index in [-0.39, 0.29) is 12.1 Å². The maximum atomic E-state index is 6.56. The van der Waals surface area contributed by atoms with Crippen LogP contribution in [0.15, 0.2) is 66.9 Å². The molecule has 2 aromatic carbocycles. The monoisotopic (exact) mass is 530 g/mol. The molecular formula is C30H31ClN4OS. The van der Waals surface area contributed by atoms with E-state index in [0.29, 0.717) is 15.9 Å². The van der Waals surface area contributed by atoms with Crippen molar-refractivity contribution in [1.82, 2.24) is 14.9 Å². The maximum Gasteiger partial charge on any atom is 0.174 e. The van der Waals surface area contributed by atoms with Crippen LogP contribution in [0, 0.1) is 20.8 Å². The Balaban J connectivity index is 1.71. The highest BCUT2D eigenvalue weighted by atomic mass is 35.5. The lowest BCUT2D eigenvalue weighted by molar-refractivity contribution is 0.415. The van der Waals surface area contributed by atoms with E-state index in [0.717, 1.165) is 17.8 Å². The molecule has 0 aliphatic carbocycles. The Morgan fingerprint density at radius 1 is 1.05 bits per heavy atom. The van der Waals surface area contributed by atoms with Gasteiger partial charge in [0.25, 0.3) is 0 Å². The number of anilines is 1. The van der Waals surface area contributed by atoms with Crippen molar-refractivity contribution in [3.8, 4) is 11.4 Å². The summed E-state index contributed by atoms with van der Waals surface area (Å²) in [5.74, 6) is 0.631. The van der Waals surface area contributed by atoms with Gasteiger partial charge in [-0.05, 0) is 92.5 Å². The lowest BCUT2D eigenvalue weighted by atomic mass is 9.96. The summed E-state index contributed by atoms with van der Waals surface area (Å²) in [6.07, 6.45) is 2.79. The van der Waals surface area contributed by atoms with E-state index in [9.17, 15) is 0 Å². The van der Waals surface area contributed by atoms with E-state index >= 15 is 0 Å². The van der Waals surface area contributed by atoms with E-state index in [1.54, 1.807) is 7.11 Å². The Labute approximate surface area is 229 Å². The predicted molar refractivity (Wildman–Crippen MR) is 155 cm³/mol. The van der Waals surface area contributed by atoms with Crippen LogP contribution in [0.4, 0.5) is 5.69 Å². The number of aromatic nitrogens is 2. The molecule has 5 nitrogen and oxygen atoms in total. The van der Waals surface area contributed by atoms with Crippen molar-refractivity contribution in [2.75, 3.05) is 12.0 Å². The van der Waals surface area contributed by atoms with Gasteiger partial charge in [0.15, 0.2) is 5.11 Å². The van der Waals surface area contributed by atoms with Crippen LogP contribution in [-0.4, -0.2) is 21.8 Å². The van der Waals surface area contributed by atoms with Crippen molar-refractivity contribution < 1.29 is 4.74 Å². The quantitative estimate of drug-likeness (QED) is 0.267. The number of nitrogens with one attached hydrogen (secondary N) is 1. The topological polar surface area (TPSA) is 42.3 Å². The summed E-state index contributed by atoms with van der Waals surface area (Å²) in [5, 5.41) is 4.73. The number of thiocarbonyl (C=S) groups is 1. The maximum absolute atomic E-state index is 6.56. The van der Waals surface area contributed by atoms with Crippen molar-refractivity contribution in [3.63, 3.8) is 0 Å². The molecule has 2 atom stereocenters. The van der Waals surface area contributed by atoms with Crippen LogP contribution in [0.2, 0.25) is 5.02 Å². The SMILES string of the molecule is CCc1cccc(C)c1-n1c(C)cc([C@@H]2[C@@H](c3ccccn3)NC(=S)N2c2ccc(OC)c(Cl)c2)c1C. The smallest absolute Gasteiger partial charge is 0.174 e. The van der Waals surface area contributed by atoms with Crippen LogP contribution >= 0.6 is 23.8 Å². The molecule has 37 heavy (non-hydrogen) atoms. The Kier molecular flexibility index (Phi) is 6.97. The number of aryl methyl sites for hydroxylation is 3. The van der Waals surface area contributed by atoms with Gasteiger partial charge in [-0.25, -0.2) is 0 Å². The number of halogens is 1. The molecule has 0 unspecified atom stereocenters. The third-order valence-corrected chi connectivity index (χ3v) is 7.84. The Morgan fingerprint density at radius 3 is 2.54 bits per heavy atom. The van der Waals surface area contributed by atoms with Crippen LogP contribution < -0.4 is 15.0 Å². The fourth-order valence-electron chi connectivity index (χ4n) is 5.51. The molecule has 0 radical (unpaired) electrons. The second-order valence-corrected chi connectivity index (χ2v) is 10.2. The lowest BCUT2D eigenvalue weighted by Crippen LogP contribution is -2.29. The molecule has 1 aliphatic rings. The molecule has 5 rings (SSSR count). The fourth-order valence-corrected chi connectivity index (χ4v) is 6.11. The summed E-state index contributed by atoms with van der Waals surface area (Å²) < 4.78 is 7.79. The van der Waals surface area contributed by atoms with E-state index in [2.05, 4.69) is 66.7 Å². The van der Waals surface area contributed by atoms with Gasteiger partial charge in [0.05, 0.1) is 35.6 Å². The minimum absolute atomic E-state index is 0.124. The number of rotatable bonds is 6. The van der Waals surface area contributed by atoms with Gasteiger partial charge in [0.2, 0.25) is 0 Å². The average Bonchev–Trinajstić information content (AvgIpc) is 3.39. The number of hydrogen-bond donors (Lipinski definition) is 1. The number of nitrogens with zero attached hydrogens (tertiary/aromatic N) is 3. The molecule has 0 amide bonds. The molecule has 2 aromatic heterocycles. The summed E-state index contributed by atoms with van der Waals surface area (Å²) in [5.41, 5.74) is 9.24. The zero-order valence-electron chi connectivity index (χ0n) is 21.7. The van der Waals surface area contributed by atoms with Gasteiger partial charge in [-0.15, -0.1) is 0 Å². The summed E-state index contributed by atoms with van der Waals surface area (Å²) >= 11 is 12.5. The largest absolute Gasteiger partial charge is 0.495 e. The molecule has 3 heterocycles. The molecule has 0 saturated carbocycles. The molecule has 190 valence electrons. The van der Waals surface area contributed by atoms with Gasteiger partial charge in [-0.3, -0.25) is 4.98 Å². The minimum atomic E-state index is -0.133. The number of hydrogen-bond acceptors (Lipinski definition) is 3. The molecular weight excluding hydrogens is 500 g/mol. The number of methoxy groups -OCH3 is 1. The Hall–Kier alpha value is -3.35. The Morgan fingerprint density at radius 2 is 1.86 bits per heavy atom.